The van der Waals surface area contributed by atoms with Gasteiger partial charge in [-0.15, -0.1) is 0 Å². The van der Waals surface area contributed by atoms with E-state index in [-0.39, 0.29) is 11.9 Å². The van der Waals surface area contributed by atoms with Crippen molar-refractivity contribution in [1.82, 2.24) is 24.6 Å². The lowest BCUT2D eigenvalue weighted by atomic mass is 10.0. The second-order valence-electron chi connectivity index (χ2n) is 5.04. The van der Waals surface area contributed by atoms with E-state index in [2.05, 4.69) is 15.2 Å². The molecule has 3 heterocycles. The number of hydrogen-bond acceptors (Lipinski definition) is 3. The minimum absolute atomic E-state index is 0.0134. The van der Waals surface area contributed by atoms with Crippen LogP contribution in [0.5, 0.6) is 0 Å². The summed E-state index contributed by atoms with van der Waals surface area (Å²) in [5, 5.41) is 7.33. The van der Waals surface area contributed by atoms with E-state index >= 15 is 0 Å². The van der Waals surface area contributed by atoms with Gasteiger partial charge in [-0.3, -0.25) is 9.89 Å². The molecule has 1 saturated heterocycles. The van der Waals surface area contributed by atoms with Crippen LogP contribution in [0.2, 0.25) is 5.02 Å². The van der Waals surface area contributed by atoms with Crippen molar-refractivity contribution >= 4 is 17.5 Å². The summed E-state index contributed by atoms with van der Waals surface area (Å²) in [5.74, 6) is 0.735. The molecule has 0 spiro atoms. The Balaban J connectivity index is 1.90. The molecule has 1 aliphatic rings. The van der Waals surface area contributed by atoms with Crippen molar-refractivity contribution in [3.63, 3.8) is 0 Å². The number of rotatable bonds is 2. The number of aromatic amines is 1. The normalized spacial score (nSPS) is 19.3. The van der Waals surface area contributed by atoms with Crippen LogP contribution in [0.3, 0.4) is 0 Å². The van der Waals surface area contributed by atoms with Gasteiger partial charge >= 0.3 is 0 Å². The molecule has 0 saturated carbocycles. The standard InChI is InChI=1S/C13H16ClN5O/c1-18-7-9(14)6-11(18)13(20)19-5-3-2-4-10(19)12-15-8-16-17-12/h6-8,10H,2-5H2,1H3,(H,15,16,17). The molecule has 0 aromatic carbocycles. The van der Waals surface area contributed by atoms with Gasteiger partial charge in [0.15, 0.2) is 0 Å². The first-order chi connectivity index (χ1) is 9.66. The lowest BCUT2D eigenvalue weighted by Gasteiger charge is -2.34. The largest absolute Gasteiger partial charge is 0.345 e. The Morgan fingerprint density at radius 1 is 1.50 bits per heavy atom. The number of amides is 1. The van der Waals surface area contributed by atoms with E-state index in [4.69, 9.17) is 11.6 Å². The highest BCUT2D eigenvalue weighted by molar-refractivity contribution is 6.31. The van der Waals surface area contributed by atoms with E-state index in [1.165, 1.54) is 6.33 Å². The number of hydrogen-bond donors (Lipinski definition) is 1. The van der Waals surface area contributed by atoms with Crippen LogP contribution in [-0.2, 0) is 7.05 Å². The van der Waals surface area contributed by atoms with Crippen LogP contribution in [0.1, 0.15) is 41.6 Å². The quantitative estimate of drug-likeness (QED) is 0.923. The number of carbonyl (C=O) groups excluding carboxylic acids is 1. The zero-order valence-electron chi connectivity index (χ0n) is 11.2. The lowest BCUT2D eigenvalue weighted by molar-refractivity contribution is 0.0590. The van der Waals surface area contributed by atoms with Crippen molar-refractivity contribution in [3.05, 3.63) is 35.1 Å². The van der Waals surface area contributed by atoms with Gasteiger partial charge in [-0.25, -0.2) is 4.98 Å². The average molecular weight is 294 g/mol. The first-order valence-electron chi connectivity index (χ1n) is 6.65. The molecule has 106 valence electrons. The second kappa shape index (κ2) is 5.28. The first kappa shape index (κ1) is 13.2. The SMILES string of the molecule is Cn1cc(Cl)cc1C(=O)N1CCCCC1c1ncn[nH]1. The van der Waals surface area contributed by atoms with Crippen LogP contribution in [0.15, 0.2) is 18.6 Å². The Labute approximate surface area is 121 Å². The molecular formula is C13H16ClN5O. The summed E-state index contributed by atoms with van der Waals surface area (Å²) >= 11 is 5.96. The Kier molecular flexibility index (Phi) is 3.48. The van der Waals surface area contributed by atoms with Gasteiger partial charge in [0.1, 0.15) is 17.8 Å². The van der Waals surface area contributed by atoms with Crippen LogP contribution >= 0.6 is 11.6 Å². The molecule has 0 bridgehead atoms. The van der Waals surface area contributed by atoms with Crippen molar-refractivity contribution < 1.29 is 4.79 Å². The van der Waals surface area contributed by atoms with Crippen LogP contribution in [0.25, 0.3) is 0 Å². The lowest BCUT2D eigenvalue weighted by Crippen LogP contribution is -2.39. The molecule has 3 rings (SSSR count). The van der Waals surface area contributed by atoms with E-state index in [9.17, 15) is 4.79 Å². The maximum Gasteiger partial charge on any atom is 0.271 e. The Bertz CT molecular complexity index is 606. The monoisotopic (exact) mass is 293 g/mol. The highest BCUT2D eigenvalue weighted by atomic mass is 35.5. The second-order valence-corrected chi connectivity index (χ2v) is 5.47. The number of aryl methyl sites for hydroxylation is 1. The molecule has 2 aromatic heterocycles. The summed E-state index contributed by atoms with van der Waals surface area (Å²) < 4.78 is 1.76. The fraction of sp³-hybridized carbons (Fsp3) is 0.462. The summed E-state index contributed by atoms with van der Waals surface area (Å²) in [5.41, 5.74) is 0.599. The van der Waals surface area contributed by atoms with E-state index in [0.717, 1.165) is 31.6 Å². The summed E-state index contributed by atoms with van der Waals surface area (Å²) in [4.78, 5) is 18.8. The van der Waals surface area contributed by atoms with Crippen molar-refractivity contribution in [2.45, 2.75) is 25.3 Å². The fourth-order valence-corrected chi connectivity index (χ4v) is 2.97. The van der Waals surface area contributed by atoms with Crippen LogP contribution in [0.4, 0.5) is 0 Å². The molecule has 20 heavy (non-hydrogen) atoms. The number of nitrogens with zero attached hydrogens (tertiary/aromatic N) is 4. The third-order valence-electron chi connectivity index (χ3n) is 3.70. The van der Waals surface area contributed by atoms with E-state index in [1.807, 2.05) is 11.9 Å². The predicted molar refractivity (Wildman–Crippen MR) is 74.4 cm³/mol. The summed E-state index contributed by atoms with van der Waals surface area (Å²) in [6.07, 6.45) is 6.21. The number of piperidine rings is 1. The number of carbonyl (C=O) groups is 1. The van der Waals surface area contributed by atoms with Gasteiger partial charge in [0, 0.05) is 19.8 Å². The smallest absolute Gasteiger partial charge is 0.271 e. The molecule has 1 aliphatic heterocycles. The van der Waals surface area contributed by atoms with E-state index < -0.39 is 0 Å². The van der Waals surface area contributed by atoms with Gasteiger partial charge in [0.2, 0.25) is 0 Å². The molecule has 6 nitrogen and oxygen atoms in total. The zero-order valence-corrected chi connectivity index (χ0v) is 12.0. The van der Waals surface area contributed by atoms with Gasteiger partial charge in [-0.1, -0.05) is 11.6 Å². The number of aromatic nitrogens is 4. The molecule has 0 radical (unpaired) electrons. The maximum atomic E-state index is 12.7. The first-order valence-corrected chi connectivity index (χ1v) is 7.02. The van der Waals surface area contributed by atoms with Gasteiger partial charge in [0.25, 0.3) is 5.91 Å². The number of nitrogens with one attached hydrogen (secondary N) is 1. The maximum absolute atomic E-state index is 12.7. The van der Waals surface area contributed by atoms with Gasteiger partial charge < -0.3 is 9.47 Å². The Morgan fingerprint density at radius 3 is 3.00 bits per heavy atom. The topological polar surface area (TPSA) is 66.8 Å². The summed E-state index contributed by atoms with van der Waals surface area (Å²) in [7, 11) is 1.83. The van der Waals surface area contributed by atoms with Crippen molar-refractivity contribution in [2.75, 3.05) is 6.54 Å². The van der Waals surface area contributed by atoms with Gasteiger partial charge in [-0.05, 0) is 25.3 Å². The molecule has 2 aromatic rings. The minimum Gasteiger partial charge on any atom is -0.345 e. The van der Waals surface area contributed by atoms with E-state index in [1.54, 1.807) is 16.8 Å². The van der Waals surface area contributed by atoms with Crippen LogP contribution < -0.4 is 0 Å². The van der Waals surface area contributed by atoms with Gasteiger partial charge in [-0.2, -0.15) is 5.10 Å². The molecule has 1 unspecified atom stereocenters. The molecule has 0 aliphatic carbocycles. The third-order valence-corrected chi connectivity index (χ3v) is 3.91. The minimum atomic E-state index is -0.0348. The van der Waals surface area contributed by atoms with E-state index in [0.29, 0.717) is 10.7 Å². The van der Waals surface area contributed by atoms with Crippen LogP contribution in [0, 0.1) is 0 Å². The molecule has 1 atom stereocenters. The summed E-state index contributed by atoms with van der Waals surface area (Å²) in [6, 6.07) is 1.67. The third kappa shape index (κ3) is 2.31. The highest BCUT2D eigenvalue weighted by Crippen LogP contribution is 2.30. The van der Waals surface area contributed by atoms with Crippen molar-refractivity contribution in [3.8, 4) is 0 Å². The number of H-pyrrole nitrogens is 1. The van der Waals surface area contributed by atoms with Crippen molar-refractivity contribution in [2.24, 2.45) is 7.05 Å². The molecule has 1 fully saturated rings. The number of likely N-dealkylation sites (tertiary alicyclic amines) is 1. The zero-order chi connectivity index (χ0) is 14.1. The van der Waals surface area contributed by atoms with Crippen molar-refractivity contribution in [1.29, 1.82) is 0 Å². The fourth-order valence-electron chi connectivity index (χ4n) is 2.72. The van der Waals surface area contributed by atoms with Crippen LogP contribution in [-0.4, -0.2) is 37.1 Å². The average Bonchev–Trinajstić information content (AvgIpc) is 3.07. The Morgan fingerprint density at radius 2 is 2.35 bits per heavy atom. The molecule has 1 amide bonds. The summed E-state index contributed by atoms with van der Waals surface area (Å²) in [6.45, 7) is 0.729. The van der Waals surface area contributed by atoms with Gasteiger partial charge in [0.05, 0.1) is 11.1 Å². The number of halogens is 1. The predicted octanol–water partition coefficient (Wildman–Crippen LogP) is 2.16. The highest BCUT2D eigenvalue weighted by Gasteiger charge is 2.31. The molecule has 1 N–H and O–H groups in total. The molecule has 7 heteroatoms. The Hall–Kier alpha value is -1.82. The molecular weight excluding hydrogens is 278 g/mol.